The van der Waals surface area contributed by atoms with Crippen molar-refractivity contribution in [1.29, 1.82) is 0 Å². The molecule has 0 atom stereocenters. The van der Waals surface area contributed by atoms with Gasteiger partial charge >= 0.3 is 11.9 Å². The maximum atomic E-state index is 10.3. The van der Waals surface area contributed by atoms with Gasteiger partial charge in [-0.1, -0.05) is 0 Å². The highest BCUT2D eigenvalue weighted by atomic mass is 16.9. The Balaban J connectivity index is 3.44. The number of nitrogens with two attached hydrogens (primary N) is 1. The van der Waals surface area contributed by atoms with Crippen LogP contribution in [0.3, 0.4) is 0 Å². The smallest absolute Gasteiger partial charge is 0.365 e. The molecule has 0 aromatic heterocycles. The van der Waals surface area contributed by atoms with Crippen molar-refractivity contribution < 1.29 is 24.1 Å². The molecule has 0 aliphatic carbocycles. The Bertz CT molecular complexity index is 147. The van der Waals surface area contributed by atoms with Crippen molar-refractivity contribution >= 4 is 11.9 Å². The zero-order chi connectivity index (χ0) is 8.69. The van der Waals surface area contributed by atoms with Crippen LogP contribution in [0.5, 0.6) is 0 Å². The second-order valence-corrected chi connectivity index (χ2v) is 1.31. The van der Waals surface area contributed by atoms with Crippen molar-refractivity contribution in [3.05, 3.63) is 0 Å². The Hall–Kier alpha value is -1.18. The number of nitrogens with one attached hydrogen (secondary N) is 1. The molecule has 0 aliphatic rings. The summed E-state index contributed by atoms with van der Waals surface area (Å²) in [4.78, 5) is 32.4. The van der Waals surface area contributed by atoms with Crippen molar-refractivity contribution in [2.45, 2.75) is 6.92 Å². The Morgan fingerprint density at radius 2 is 2.09 bits per heavy atom. The summed E-state index contributed by atoms with van der Waals surface area (Å²) < 4.78 is 0. The van der Waals surface area contributed by atoms with E-state index in [1.165, 1.54) is 0 Å². The first-order chi connectivity index (χ1) is 5.22. The van der Waals surface area contributed by atoms with Gasteiger partial charge in [-0.2, -0.15) is 5.90 Å². The van der Waals surface area contributed by atoms with E-state index in [4.69, 9.17) is 0 Å². The predicted octanol–water partition coefficient (Wildman–Crippen LogP) is -1.60. The molecule has 0 bridgehead atoms. The highest BCUT2D eigenvalue weighted by Gasteiger charge is 2.16. The quantitative estimate of drug-likeness (QED) is 0.294. The van der Waals surface area contributed by atoms with E-state index in [1.54, 1.807) is 12.6 Å². The van der Waals surface area contributed by atoms with E-state index < -0.39 is 11.9 Å². The van der Waals surface area contributed by atoms with E-state index in [2.05, 4.69) is 20.4 Å². The topological polar surface area (TPSA) is 99.9 Å². The van der Waals surface area contributed by atoms with Gasteiger partial charge in [0, 0.05) is 0 Å². The van der Waals surface area contributed by atoms with E-state index >= 15 is 0 Å². The van der Waals surface area contributed by atoms with Crippen LogP contribution in [0.25, 0.3) is 0 Å². The fourth-order valence-electron chi connectivity index (χ4n) is 0.216. The highest BCUT2D eigenvalue weighted by molar-refractivity contribution is 6.29. The number of carbonyl (C=O) groups is 2. The SMILES string of the molecule is CCONOC(=O)C(=O)ON. The molecule has 0 spiro atoms. The standard InChI is InChI=1S/C4H8N2O5/c1-2-9-6-11-4(8)3(7)10-5/h6H,2,5H2,1H3. The largest absolute Gasteiger partial charge is 0.439 e. The molecule has 7 heteroatoms. The van der Waals surface area contributed by atoms with Crippen LogP contribution < -0.4 is 11.5 Å². The molecule has 3 N–H and O–H groups in total. The van der Waals surface area contributed by atoms with Crippen molar-refractivity contribution in [2.75, 3.05) is 6.61 Å². The molecule has 0 saturated carbocycles. The van der Waals surface area contributed by atoms with Gasteiger partial charge in [0.25, 0.3) is 0 Å². The normalized spacial score (nSPS) is 8.91. The molecule has 0 heterocycles. The van der Waals surface area contributed by atoms with E-state index in [0.29, 0.717) is 0 Å². The summed E-state index contributed by atoms with van der Waals surface area (Å²) in [5, 5.41) is 0. The minimum atomic E-state index is -1.31. The fourth-order valence-corrected chi connectivity index (χ4v) is 0.216. The van der Waals surface area contributed by atoms with Gasteiger partial charge in [0.05, 0.1) is 6.61 Å². The molecule has 0 aromatic rings. The molecule has 0 fully saturated rings. The summed E-state index contributed by atoms with van der Waals surface area (Å²) in [6.07, 6.45) is 0. The minimum absolute atomic E-state index is 0.283. The van der Waals surface area contributed by atoms with Gasteiger partial charge in [-0.05, 0) is 12.6 Å². The monoisotopic (exact) mass is 164 g/mol. The van der Waals surface area contributed by atoms with Crippen LogP contribution >= 0.6 is 0 Å². The molecule has 0 unspecified atom stereocenters. The summed E-state index contributed by atoms with van der Waals surface area (Å²) in [5.74, 6) is 1.77. The number of hydrogen-bond acceptors (Lipinski definition) is 7. The van der Waals surface area contributed by atoms with Gasteiger partial charge in [-0.15, -0.1) is 0 Å². The van der Waals surface area contributed by atoms with Crippen LogP contribution in [0.2, 0.25) is 0 Å². The van der Waals surface area contributed by atoms with Crippen molar-refractivity contribution in [2.24, 2.45) is 5.90 Å². The van der Waals surface area contributed by atoms with E-state index in [0.717, 1.165) is 0 Å². The molecule has 0 radical (unpaired) electrons. The average molecular weight is 164 g/mol. The van der Waals surface area contributed by atoms with Crippen LogP contribution in [0.15, 0.2) is 0 Å². The Morgan fingerprint density at radius 3 is 2.55 bits per heavy atom. The number of hydrogen-bond donors (Lipinski definition) is 2. The van der Waals surface area contributed by atoms with E-state index in [-0.39, 0.29) is 6.61 Å². The lowest BCUT2D eigenvalue weighted by Crippen LogP contribution is -2.29. The molecule has 0 aliphatic heterocycles. The molecule has 0 aromatic carbocycles. The summed E-state index contributed by atoms with van der Waals surface area (Å²) in [5.41, 5.74) is 1.74. The third-order valence-corrected chi connectivity index (χ3v) is 0.611. The third-order valence-electron chi connectivity index (χ3n) is 0.611. The van der Waals surface area contributed by atoms with Crippen LogP contribution in [0, 0.1) is 0 Å². The minimum Gasteiger partial charge on any atom is -0.365 e. The summed E-state index contributed by atoms with van der Waals surface area (Å²) in [6.45, 7) is 1.94. The predicted molar refractivity (Wildman–Crippen MR) is 31.1 cm³/mol. The summed E-state index contributed by atoms with van der Waals surface area (Å²) >= 11 is 0. The lowest BCUT2D eigenvalue weighted by atomic mass is 10.7. The van der Waals surface area contributed by atoms with E-state index in [1.807, 2.05) is 0 Å². The third kappa shape index (κ3) is 4.25. The highest BCUT2D eigenvalue weighted by Crippen LogP contribution is 1.76. The van der Waals surface area contributed by atoms with Crippen LogP contribution in [0.1, 0.15) is 6.92 Å². The van der Waals surface area contributed by atoms with Gasteiger partial charge in [-0.25, -0.2) is 9.59 Å². The maximum absolute atomic E-state index is 10.3. The van der Waals surface area contributed by atoms with Gasteiger partial charge in [0.1, 0.15) is 0 Å². The van der Waals surface area contributed by atoms with Gasteiger partial charge < -0.3 is 9.68 Å². The number of rotatable bonds is 3. The summed E-state index contributed by atoms with van der Waals surface area (Å²) in [7, 11) is 0. The molecule has 11 heavy (non-hydrogen) atoms. The Labute approximate surface area is 62.2 Å². The second-order valence-electron chi connectivity index (χ2n) is 1.31. The first kappa shape index (κ1) is 9.82. The maximum Gasteiger partial charge on any atom is 0.439 e. The van der Waals surface area contributed by atoms with Crippen molar-refractivity contribution in [1.82, 2.24) is 5.64 Å². The molecule has 0 rings (SSSR count). The first-order valence-electron chi connectivity index (χ1n) is 2.71. The Kier molecular flexibility index (Phi) is 4.99. The second kappa shape index (κ2) is 5.59. The fraction of sp³-hybridized carbons (Fsp3) is 0.500. The lowest BCUT2D eigenvalue weighted by molar-refractivity contribution is -0.199. The Morgan fingerprint density at radius 1 is 1.45 bits per heavy atom. The lowest BCUT2D eigenvalue weighted by Gasteiger charge is -2.00. The molecule has 7 nitrogen and oxygen atoms in total. The van der Waals surface area contributed by atoms with Gasteiger partial charge in [-0.3, -0.25) is 4.84 Å². The van der Waals surface area contributed by atoms with Gasteiger partial charge in [0.2, 0.25) is 0 Å². The zero-order valence-corrected chi connectivity index (χ0v) is 5.83. The first-order valence-corrected chi connectivity index (χ1v) is 2.71. The van der Waals surface area contributed by atoms with E-state index in [9.17, 15) is 9.59 Å². The van der Waals surface area contributed by atoms with Crippen LogP contribution in [-0.2, 0) is 24.1 Å². The van der Waals surface area contributed by atoms with Gasteiger partial charge in [0.15, 0.2) is 0 Å². The molecular formula is C4H8N2O5. The van der Waals surface area contributed by atoms with Crippen LogP contribution in [0.4, 0.5) is 0 Å². The van der Waals surface area contributed by atoms with Crippen molar-refractivity contribution in [3.63, 3.8) is 0 Å². The number of carbonyl (C=O) groups excluding carboxylic acids is 2. The summed E-state index contributed by atoms with van der Waals surface area (Å²) in [6, 6.07) is 0. The molecular weight excluding hydrogens is 156 g/mol. The van der Waals surface area contributed by atoms with Crippen molar-refractivity contribution in [3.8, 4) is 0 Å². The zero-order valence-electron chi connectivity index (χ0n) is 5.83. The average Bonchev–Trinajstić information content (AvgIpc) is 2.03. The molecule has 64 valence electrons. The molecule has 0 amide bonds. The molecule has 0 saturated heterocycles. The van der Waals surface area contributed by atoms with Crippen LogP contribution in [-0.4, -0.2) is 18.5 Å².